The van der Waals surface area contributed by atoms with Gasteiger partial charge in [0.05, 0.1) is 11.4 Å². The van der Waals surface area contributed by atoms with Gasteiger partial charge in [-0.25, -0.2) is 4.79 Å². The Bertz CT molecular complexity index is 1130. The molecule has 0 unspecified atom stereocenters. The first kappa shape index (κ1) is 24.9. The third-order valence-electron chi connectivity index (χ3n) is 4.93. The highest BCUT2D eigenvalue weighted by molar-refractivity contribution is 9.10. The van der Waals surface area contributed by atoms with Crippen LogP contribution in [-0.4, -0.2) is 17.1 Å². The summed E-state index contributed by atoms with van der Waals surface area (Å²) in [4.78, 5) is 24.6. The summed E-state index contributed by atoms with van der Waals surface area (Å²) in [6.45, 7) is 0. The molecule has 0 fully saturated rings. The van der Waals surface area contributed by atoms with E-state index in [-0.39, 0.29) is 11.7 Å². The van der Waals surface area contributed by atoms with Gasteiger partial charge in [0.2, 0.25) is 5.91 Å². The van der Waals surface area contributed by atoms with Crippen LogP contribution in [0.15, 0.2) is 89.4 Å². The molecule has 0 radical (unpaired) electrons. The number of para-hydroxylation sites is 2. The van der Waals surface area contributed by atoms with Gasteiger partial charge in [-0.2, -0.15) is 0 Å². The van der Waals surface area contributed by atoms with Gasteiger partial charge in [0.15, 0.2) is 0 Å². The summed E-state index contributed by atoms with van der Waals surface area (Å²) in [6.07, 6.45) is 3.97. The van der Waals surface area contributed by atoms with E-state index < -0.39 is 12.2 Å². The number of nitrogens with one attached hydrogen (secondary N) is 2. The maximum Gasteiger partial charge on any atom is 0.412 e. The number of halogens is 1. The van der Waals surface area contributed by atoms with E-state index in [1.54, 1.807) is 66.7 Å². The second-order valence-corrected chi connectivity index (χ2v) is 8.44. The maximum absolute atomic E-state index is 12.5. The van der Waals surface area contributed by atoms with Gasteiger partial charge < -0.3 is 20.9 Å². The number of aromatic hydroxyl groups is 1. The van der Waals surface area contributed by atoms with Crippen molar-refractivity contribution >= 4 is 45.0 Å². The lowest BCUT2D eigenvalue weighted by Gasteiger charge is -2.18. The Morgan fingerprint density at radius 2 is 1.71 bits per heavy atom. The molecule has 3 aromatic rings. The number of unbranched alkanes of at least 4 members (excludes halogenated alkanes) is 1. The van der Waals surface area contributed by atoms with Crippen LogP contribution >= 0.6 is 15.9 Å². The quantitative estimate of drug-likeness (QED) is 0.147. The summed E-state index contributed by atoms with van der Waals surface area (Å²) in [7, 11) is 0. The van der Waals surface area contributed by atoms with Crippen LogP contribution in [0, 0.1) is 0 Å². The van der Waals surface area contributed by atoms with Gasteiger partial charge in [0.1, 0.15) is 11.9 Å². The van der Waals surface area contributed by atoms with E-state index in [9.17, 15) is 14.7 Å². The van der Waals surface area contributed by atoms with Crippen molar-refractivity contribution in [3.05, 3.63) is 95.0 Å². The molecule has 0 heterocycles. The van der Waals surface area contributed by atoms with Gasteiger partial charge in [-0.05, 0) is 79.4 Å². The van der Waals surface area contributed by atoms with E-state index in [1.165, 1.54) is 6.08 Å². The van der Waals surface area contributed by atoms with Crippen LogP contribution in [-0.2, 0) is 9.53 Å². The summed E-state index contributed by atoms with van der Waals surface area (Å²) in [5.74, 6) is -0.132. The van der Waals surface area contributed by atoms with Gasteiger partial charge >= 0.3 is 6.09 Å². The van der Waals surface area contributed by atoms with Crippen LogP contribution < -0.4 is 16.4 Å². The number of phenols is 1. The average Bonchev–Trinajstić information content (AvgIpc) is 2.81. The standard InChI is InChI=1S/C26H26BrN3O4/c27-19-12-14-20(15-13-19)29-26(33)34-24(18-10-16-21(31)17-11-18)8-2-1-3-9-25(32)30-23-7-5-4-6-22(23)28/h3-7,9-17,24,31H,1-2,8,28H2,(H,29,33)(H,30,32)/b9-3+/t24-/m1/s1. The molecule has 0 aliphatic carbocycles. The largest absolute Gasteiger partial charge is 0.508 e. The fourth-order valence-corrected chi connectivity index (χ4v) is 3.45. The van der Waals surface area contributed by atoms with Crippen molar-refractivity contribution in [1.82, 2.24) is 0 Å². The van der Waals surface area contributed by atoms with Crippen LogP contribution in [0.25, 0.3) is 0 Å². The van der Waals surface area contributed by atoms with Crippen LogP contribution in [0.5, 0.6) is 5.75 Å². The van der Waals surface area contributed by atoms with Crippen molar-refractivity contribution in [3.8, 4) is 5.75 Å². The number of rotatable bonds is 9. The predicted octanol–water partition coefficient (Wildman–Crippen LogP) is 6.39. The second-order valence-electron chi connectivity index (χ2n) is 7.53. The van der Waals surface area contributed by atoms with Crippen LogP contribution in [0.3, 0.4) is 0 Å². The smallest absolute Gasteiger partial charge is 0.412 e. The van der Waals surface area contributed by atoms with E-state index in [2.05, 4.69) is 26.6 Å². The van der Waals surface area contributed by atoms with E-state index in [1.807, 2.05) is 12.1 Å². The number of ether oxygens (including phenoxy) is 1. The fourth-order valence-electron chi connectivity index (χ4n) is 3.19. The summed E-state index contributed by atoms with van der Waals surface area (Å²) >= 11 is 3.36. The first-order chi connectivity index (χ1) is 16.4. The summed E-state index contributed by atoms with van der Waals surface area (Å²) in [5, 5.41) is 15.0. The van der Waals surface area contributed by atoms with Crippen molar-refractivity contribution in [1.29, 1.82) is 0 Å². The molecular formula is C26H26BrN3O4. The van der Waals surface area contributed by atoms with Gasteiger partial charge in [-0.3, -0.25) is 10.1 Å². The number of hydrogen-bond donors (Lipinski definition) is 4. The topological polar surface area (TPSA) is 114 Å². The third-order valence-corrected chi connectivity index (χ3v) is 5.46. The van der Waals surface area contributed by atoms with Gasteiger partial charge in [-0.15, -0.1) is 0 Å². The molecule has 0 saturated heterocycles. The molecule has 0 saturated carbocycles. The molecule has 0 bridgehead atoms. The second kappa shape index (κ2) is 12.5. The van der Waals surface area contributed by atoms with Crippen molar-refractivity contribution in [2.24, 2.45) is 0 Å². The van der Waals surface area contributed by atoms with Crippen molar-refractivity contribution in [2.45, 2.75) is 25.4 Å². The monoisotopic (exact) mass is 523 g/mol. The van der Waals surface area contributed by atoms with E-state index in [0.717, 1.165) is 10.0 Å². The first-order valence-corrected chi connectivity index (χ1v) is 11.5. The number of nitrogen functional groups attached to an aromatic ring is 1. The molecule has 0 spiro atoms. The van der Waals surface area contributed by atoms with E-state index >= 15 is 0 Å². The number of amides is 2. The molecule has 0 aliphatic rings. The Balaban J connectivity index is 1.54. The molecule has 2 amide bonds. The lowest BCUT2D eigenvalue weighted by molar-refractivity contribution is -0.111. The molecule has 7 nitrogen and oxygen atoms in total. The normalized spacial score (nSPS) is 11.7. The number of nitrogens with two attached hydrogens (primary N) is 1. The summed E-state index contributed by atoms with van der Waals surface area (Å²) in [5.41, 5.74) is 8.28. The van der Waals surface area contributed by atoms with E-state index in [0.29, 0.717) is 36.3 Å². The van der Waals surface area contributed by atoms with Crippen molar-refractivity contribution < 1.29 is 19.4 Å². The molecule has 3 rings (SSSR count). The number of benzene rings is 3. The van der Waals surface area contributed by atoms with Crippen LogP contribution in [0.2, 0.25) is 0 Å². The molecule has 0 aliphatic heterocycles. The number of allylic oxidation sites excluding steroid dienone is 1. The number of carbonyl (C=O) groups is 2. The number of carbonyl (C=O) groups excluding carboxylic acids is 2. The Morgan fingerprint density at radius 3 is 2.41 bits per heavy atom. The molecule has 0 aromatic heterocycles. The highest BCUT2D eigenvalue weighted by Crippen LogP contribution is 2.26. The van der Waals surface area contributed by atoms with Gasteiger partial charge in [0.25, 0.3) is 0 Å². The molecule has 3 aromatic carbocycles. The molecule has 176 valence electrons. The minimum Gasteiger partial charge on any atom is -0.508 e. The minimum absolute atomic E-state index is 0.134. The number of phenolic OH excluding ortho intramolecular Hbond substituents is 1. The predicted molar refractivity (Wildman–Crippen MR) is 138 cm³/mol. The Hall–Kier alpha value is -3.78. The number of hydrogen-bond acceptors (Lipinski definition) is 5. The SMILES string of the molecule is Nc1ccccc1NC(=O)/C=C/CCC[C@@H](OC(=O)Nc1ccc(Br)cc1)c1ccc(O)cc1. The maximum atomic E-state index is 12.5. The Kier molecular flexibility index (Phi) is 9.11. The molecule has 8 heteroatoms. The van der Waals surface area contributed by atoms with Crippen molar-refractivity contribution in [3.63, 3.8) is 0 Å². The molecule has 5 N–H and O–H groups in total. The number of anilines is 3. The highest BCUT2D eigenvalue weighted by Gasteiger charge is 2.17. The highest BCUT2D eigenvalue weighted by atomic mass is 79.9. The zero-order valence-electron chi connectivity index (χ0n) is 18.4. The van der Waals surface area contributed by atoms with E-state index in [4.69, 9.17) is 10.5 Å². The van der Waals surface area contributed by atoms with Crippen molar-refractivity contribution in [2.75, 3.05) is 16.4 Å². The van der Waals surface area contributed by atoms with Gasteiger partial charge in [-0.1, -0.05) is 46.3 Å². The molecule has 34 heavy (non-hydrogen) atoms. The lowest BCUT2D eigenvalue weighted by Crippen LogP contribution is -2.17. The lowest BCUT2D eigenvalue weighted by atomic mass is 10.0. The molecule has 1 atom stereocenters. The third kappa shape index (κ3) is 7.97. The summed E-state index contributed by atoms with van der Waals surface area (Å²) in [6, 6.07) is 20.8. The first-order valence-electron chi connectivity index (χ1n) is 10.7. The van der Waals surface area contributed by atoms with Crippen LogP contribution in [0.1, 0.15) is 30.9 Å². The Morgan fingerprint density at radius 1 is 1.00 bits per heavy atom. The minimum atomic E-state index is -0.573. The Labute approximate surface area is 206 Å². The average molecular weight is 524 g/mol. The zero-order chi connectivity index (χ0) is 24.3. The summed E-state index contributed by atoms with van der Waals surface area (Å²) < 4.78 is 6.57. The molecular weight excluding hydrogens is 498 g/mol. The zero-order valence-corrected chi connectivity index (χ0v) is 20.0. The fraction of sp³-hybridized carbons (Fsp3) is 0.154. The van der Waals surface area contributed by atoms with Gasteiger partial charge in [0, 0.05) is 10.2 Å². The van der Waals surface area contributed by atoms with Crippen LogP contribution in [0.4, 0.5) is 21.9 Å².